The summed E-state index contributed by atoms with van der Waals surface area (Å²) in [6.45, 7) is 13.9. The van der Waals surface area contributed by atoms with Crippen LogP contribution in [-0.4, -0.2) is 42.4 Å². The minimum atomic E-state index is -0.108. The monoisotopic (exact) mass is 423 g/mol. The zero-order valence-corrected chi connectivity index (χ0v) is 19.5. The molecule has 4 rings (SSSR count). The Balaban J connectivity index is 1.79. The number of para-hydroxylation sites is 1. The molecule has 0 N–H and O–H groups in total. The Morgan fingerprint density at radius 2 is 2.03 bits per heavy atom. The van der Waals surface area contributed by atoms with Crippen LogP contribution in [0, 0.1) is 13.8 Å². The summed E-state index contributed by atoms with van der Waals surface area (Å²) in [4.78, 5) is 2.59. The van der Waals surface area contributed by atoms with E-state index in [1.54, 1.807) is 0 Å². The maximum absolute atomic E-state index is 4.96. The van der Waals surface area contributed by atoms with Crippen LogP contribution in [0.1, 0.15) is 68.9 Å². The first kappa shape index (κ1) is 21.3. The van der Waals surface area contributed by atoms with Crippen molar-refractivity contribution in [3.05, 3.63) is 59.0 Å². The van der Waals surface area contributed by atoms with Crippen molar-refractivity contribution >= 4 is 12.6 Å². The maximum atomic E-state index is 4.96. The molecule has 1 aromatic carbocycles. The molecule has 3 unspecified atom stereocenters. The molecule has 5 nitrogen and oxygen atoms in total. The molecule has 0 amide bonds. The number of thiol groups is 1. The van der Waals surface area contributed by atoms with E-state index in [0.717, 1.165) is 42.9 Å². The molecule has 2 aromatic rings. The number of aromatic nitrogens is 4. The number of nitrogens with zero attached hydrogens (tertiary/aromatic N) is 5. The molecule has 1 fully saturated rings. The number of benzene rings is 1. The fourth-order valence-corrected chi connectivity index (χ4v) is 5.22. The Morgan fingerprint density at radius 3 is 2.60 bits per heavy atom. The molecule has 0 bridgehead atoms. The highest BCUT2D eigenvalue weighted by Crippen LogP contribution is 2.44. The van der Waals surface area contributed by atoms with Crippen LogP contribution in [0.25, 0.3) is 5.69 Å². The average Bonchev–Trinajstić information content (AvgIpc) is 3.34. The van der Waals surface area contributed by atoms with E-state index in [2.05, 4.69) is 79.0 Å². The van der Waals surface area contributed by atoms with Crippen LogP contribution in [0.3, 0.4) is 0 Å². The summed E-state index contributed by atoms with van der Waals surface area (Å²) in [5, 5.41) is 13.2. The third-order valence-electron chi connectivity index (χ3n) is 7.00. The zero-order valence-electron chi connectivity index (χ0n) is 18.6. The highest BCUT2D eigenvalue weighted by Gasteiger charge is 2.38. The van der Waals surface area contributed by atoms with E-state index in [-0.39, 0.29) is 10.8 Å². The van der Waals surface area contributed by atoms with Crippen LogP contribution in [0.2, 0.25) is 0 Å². The predicted molar refractivity (Wildman–Crippen MR) is 125 cm³/mol. The third kappa shape index (κ3) is 3.76. The van der Waals surface area contributed by atoms with Crippen LogP contribution in [0.4, 0.5) is 0 Å². The van der Waals surface area contributed by atoms with Crippen LogP contribution in [0.5, 0.6) is 0 Å². The Bertz CT molecular complexity index is 957. The normalized spacial score (nSPS) is 25.9. The Hall–Kier alpha value is -1.92. The van der Waals surface area contributed by atoms with Crippen molar-refractivity contribution in [3.8, 4) is 5.69 Å². The second kappa shape index (κ2) is 8.31. The number of allylic oxidation sites excluding steroid dienone is 1. The maximum Gasteiger partial charge on any atom is 0.178 e. The predicted octanol–water partition coefficient (Wildman–Crippen LogP) is 5.16. The van der Waals surface area contributed by atoms with Gasteiger partial charge in [-0.05, 0) is 93.5 Å². The topological polar surface area (TPSA) is 46.8 Å². The smallest absolute Gasteiger partial charge is 0.178 e. The highest BCUT2D eigenvalue weighted by atomic mass is 32.1. The largest absolute Gasteiger partial charge is 0.287 e. The minimum absolute atomic E-state index is 0.0968. The number of hydrogen-bond donors (Lipinski definition) is 1. The Morgan fingerprint density at radius 1 is 1.30 bits per heavy atom. The van der Waals surface area contributed by atoms with E-state index >= 15 is 0 Å². The summed E-state index contributed by atoms with van der Waals surface area (Å²) < 4.78 is 1.87. The molecule has 0 saturated carbocycles. The quantitative estimate of drug-likeness (QED) is 0.533. The van der Waals surface area contributed by atoms with Gasteiger partial charge in [-0.1, -0.05) is 36.4 Å². The number of rotatable bonds is 5. The molecule has 3 atom stereocenters. The molecule has 2 aliphatic rings. The Labute approximate surface area is 185 Å². The Kier molecular flexibility index (Phi) is 5.90. The van der Waals surface area contributed by atoms with E-state index < -0.39 is 0 Å². The average molecular weight is 424 g/mol. The standard InChI is InChI=1S/C24H33N5S/c1-16(2)24(30)13-11-20(12-14-24)22(28-15-7-10-19(28)5)23-25-26-27-29(23)21-17(3)8-6-9-18(21)4/h6,8-9,11,19,22,30H,1,7,10,12-15H2,2-5H3. The molecular formula is C24H33N5S. The summed E-state index contributed by atoms with van der Waals surface area (Å²) in [5.74, 6) is 0.925. The van der Waals surface area contributed by atoms with Gasteiger partial charge >= 0.3 is 0 Å². The summed E-state index contributed by atoms with van der Waals surface area (Å²) in [7, 11) is 0. The van der Waals surface area contributed by atoms with Crippen molar-refractivity contribution in [1.82, 2.24) is 25.1 Å². The SMILES string of the molecule is C=C(C)C1(S)CC=C(C(c2nnnn2-c2c(C)cccc2C)N2CCCC2C)CC1. The molecule has 30 heavy (non-hydrogen) atoms. The lowest BCUT2D eigenvalue weighted by Crippen LogP contribution is -2.36. The molecule has 6 heteroatoms. The molecule has 1 aliphatic carbocycles. The number of hydrogen-bond acceptors (Lipinski definition) is 5. The van der Waals surface area contributed by atoms with Crippen molar-refractivity contribution < 1.29 is 0 Å². The van der Waals surface area contributed by atoms with Gasteiger partial charge in [-0.2, -0.15) is 17.3 Å². The fourth-order valence-electron chi connectivity index (χ4n) is 5.02. The molecule has 160 valence electrons. The van der Waals surface area contributed by atoms with Gasteiger partial charge in [-0.3, -0.25) is 4.90 Å². The van der Waals surface area contributed by atoms with Gasteiger partial charge in [0, 0.05) is 10.8 Å². The zero-order chi connectivity index (χ0) is 21.5. The van der Waals surface area contributed by atoms with Gasteiger partial charge in [0.25, 0.3) is 0 Å². The van der Waals surface area contributed by atoms with E-state index in [9.17, 15) is 0 Å². The number of tetrazole rings is 1. The van der Waals surface area contributed by atoms with Gasteiger partial charge in [-0.25, -0.2) is 0 Å². The second-order valence-corrected chi connectivity index (χ2v) is 9.97. The lowest BCUT2D eigenvalue weighted by Gasteiger charge is -2.38. The van der Waals surface area contributed by atoms with E-state index in [4.69, 9.17) is 12.6 Å². The highest BCUT2D eigenvalue weighted by molar-refractivity contribution is 7.82. The van der Waals surface area contributed by atoms with Gasteiger partial charge in [0.15, 0.2) is 5.82 Å². The lowest BCUT2D eigenvalue weighted by atomic mass is 9.81. The molecule has 2 heterocycles. The first-order chi connectivity index (χ1) is 14.3. The van der Waals surface area contributed by atoms with Gasteiger partial charge in [0.1, 0.15) is 0 Å². The first-order valence-electron chi connectivity index (χ1n) is 11.0. The number of likely N-dealkylation sites (tertiary alicyclic amines) is 1. The van der Waals surface area contributed by atoms with Gasteiger partial charge < -0.3 is 0 Å². The third-order valence-corrected chi connectivity index (χ3v) is 7.79. The number of aryl methyl sites for hydroxylation is 2. The first-order valence-corrected chi connectivity index (χ1v) is 11.4. The molecule has 1 aromatic heterocycles. The minimum Gasteiger partial charge on any atom is -0.287 e. The van der Waals surface area contributed by atoms with Crippen LogP contribution < -0.4 is 0 Å². The van der Waals surface area contributed by atoms with E-state index in [0.29, 0.717) is 6.04 Å². The van der Waals surface area contributed by atoms with E-state index in [1.165, 1.54) is 29.5 Å². The van der Waals surface area contributed by atoms with Crippen LogP contribution in [0.15, 0.2) is 42.0 Å². The second-order valence-electron chi connectivity index (χ2n) is 9.12. The van der Waals surface area contributed by atoms with Crippen molar-refractivity contribution in [2.75, 3.05) is 6.54 Å². The lowest BCUT2D eigenvalue weighted by molar-refractivity contribution is 0.201. The summed E-state index contributed by atoms with van der Waals surface area (Å²) >= 11 is 4.96. The van der Waals surface area contributed by atoms with Crippen molar-refractivity contribution in [3.63, 3.8) is 0 Å². The van der Waals surface area contributed by atoms with Crippen LogP contribution in [-0.2, 0) is 0 Å². The fraction of sp³-hybridized carbons (Fsp3) is 0.542. The van der Waals surface area contributed by atoms with Gasteiger partial charge in [-0.15, -0.1) is 5.10 Å². The molecule has 1 aliphatic heterocycles. The molecule has 0 radical (unpaired) electrons. The van der Waals surface area contributed by atoms with E-state index in [1.807, 2.05) is 4.68 Å². The van der Waals surface area contributed by atoms with Crippen LogP contribution >= 0.6 is 12.6 Å². The molecule has 1 saturated heterocycles. The molecular weight excluding hydrogens is 390 g/mol. The van der Waals surface area contributed by atoms with Crippen molar-refractivity contribution in [1.29, 1.82) is 0 Å². The van der Waals surface area contributed by atoms with Gasteiger partial charge in [0.2, 0.25) is 0 Å². The van der Waals surface area contributed by atoms with Gasteiger partial charge in [0.05, 0.1) is 11.7 Å². The molecule has 0 spiro atoms. The van der Waals surface area contributed by atoms with Crippen molar-refractivity contribution in [2.45, 2.75) is 76.6 Å². The summed E-state index contributed by atoms with van der Waals surface area (Å²) in [6.07, 6.45) is 7.72. The van der Waals surface area contributed by atoms with Crippen molar-refractivity contribution in [2.24, 2.45) is 0 Å². The summed E-state index contributed by atoms with van der Waals surface area (Å²) in [5.41, 5.74) is 6.03. The summed E-state index contributed by atoms with van der Waals surface area (Å²) in [6, 6.07) is 6.96.